The number of ether oxygens (including phenoxy) is 3. The van der Waals surface area contributed by atoms with Crippen LogP contribution in [0.3, 0.4) is 0 Å². The second-order valence-electron chi connectivity index (χ2n) is 6.08. The van der Waals surface area contributed by atoms with Crippen molar-refractivity contribution in [3.05, 3.63) is 17.7 Å². The molecule has 4 N–H and O–H groups in total. The molecule has 26 heavy (non-hydrogen) atoms. The van der Waals surface area contributed by atoms with Crippen LogP contribution < -0.4 is 30.6 Å². The average molecular weight is 367 g/mol. The van der Waals surface area contributed by atoms with Gasteiger partial charge in [0.2, 0.25) is 17.6 Å². The van der Waals surface area contributed by atoms with Crippen LogP contribution in [0.1, 0.15) is 19.4 Å². The van der Waals surface area contributed by atoms with Crippen LogP contribution in [0.2, 0.25) is 0 Å². The van der Waals surface area contributed by atoms with Crippen LogP contribution in [-0.4, -0.2) is 52.3 Å². The molecular weight excluding hydrogens is 338 g/mol. The van der Waals surface area contributed by atoms with Crippen LogP contribution in [0, 0.1) is 5.92 Å². The molecule has 0 radical (unpaired) electrons. The second kappa shape index (κ2) is 10.5. The highest BCUT2D eigenvalue weighted by Crippen LogP contribution is 2.39. The maximum absolute atomic E-state index is 11.9. The van der Waals surface area contributed by atoms with E-state index < -0.39 is 6.04 Å². The molecule has 0 saturated carbocycles. The van der Waals surface area contributed by atoms with Gasteiger partial charge >= 0.3 is 0 Å². The van der Waals surface area contributed by atoms with Gasteiger partial charge in [-0.2, -0.15) is 0 Å². The fourth-order valence-electron chi connectivity index (χ4n) is 2.35. The number of carbonyl (C=O) groups is 2. The van der Waals surface area contributed by atoms with E-state index in [0.717, 1.165) is 5.56 Å². The molecule has 1 aromatic rings. The van der Waals surface area contributed by atoms with Crippen molar-refractivity contribution in [2.24, 2.45) is 11.7 Å². The van der Waals surface area contributed by atoms with E-state index in [0.29, 0.717) is 30.2 Å². The summed E-state index contributed by atoms with van der Waals surface area (Å²) in [6.07, 6.45) is 0.536. The highest BCUT2D eigenvalue weighted by molar-refractivity contribution is 5.87. The van der Waals surface area contributed by atoms with Gasteiger partial charge in [-0.25, -0.2) is 0 Å². The Morgan fingerprint density at radius 3 is 2.23 bits per heavy atom. The summed E-state index contributed by atoms with van der Waals surface area (Å²) in [5.74, 6) is 1.04. The van der Waals surface area contributed by atoms with E-state index in [4.69, 9.17) is 19.9 Å². The first-order valence-corrected chi connectivity index (χ1v) is 8.43. The van der Waals surface area contributed by atoms with Gasteiger partial charge in [0, 0.05) is 12.1 Å². The minimum absolute atomic E-state index is 0.00979. The molecule has 2 amide bonds. The van der Waals surface area contributed by atoms with Gasteiger partial charge < -0.3 is 30.6 Å². The molecule has 0 bridgehead atoms. The topological polar surface area (TPSA) is 112 Å². The van der Waals surface area contributed by atoms with Crippen molar-refractivity contribution in [1.82, 2.24) is 10.6 Å². The smallest absolute Gasteiger partial charge is 0.239 e. The summed E-state index contributed by atoms with van der Waals surface area (Å²) in [5, 5.41) is 5.28. The minimum atomic E-state index is -0.626. The Bertz CT molecular complexity index is 619. The van der Waals surface area contributed by atoms with Gasteiger partial charge in [0.25, 0.3) is 0 Å². The standard InChI is InChI=1S/C18H29N3O5/c1-11(2)15(19)18(23)21-10-14(22)20-9-8-12-6-7-13(24-3)17(26-5)16(12)25-4/h6-7,11,15H,8-10,19H2,1-5H3,(H,20,22)(H,21,23)/t15-/m0/s1. The Hall–Kier alpha value is -2.48. The molecule has 0 aliphatic heterocycles. The van der Waals surface area contributed by atoms with Gasteiger partial charge in [-0.3, -0.25) is 9.59 Å². The van der Waals surface area contributed by atoms with E-state index in [9.17, 15) is 9.59 Å². The zero-order valence-corrected chi connectivity index (χ0v) is 16.0. The molecule has 0 spiro atoms. The normalized spacial score (nSPS) is 11.7. The summed E-state index contributed by atoms with van der Waals surface area (Å²) in [5.41, 5.74) is 6.60. The molecule has 146 valence electrons. The highest BCUT2D eigenvalue weighted by Gasteiger charge is 2.18. The summed E-state index contributed by atoms with van der Waals surface area (Å²) < 4.78 is 16.0. The number of benzene rings is 1. The number of nitrogens with one attached hydrogen (secondary N) is 2. The third-order valence-corrected chi connectivity index (χ3v) is 3.95. The third kappa shape index (κ3) is 5.80. The van der Waals surface area contributed by atoms with E-state index in [1.807, 2.05) is 19.9 Å². The molecule has 8 nitrogen and oxygen atoms in total. The predicted octanol–water partition coefficient (Wildman–Crippen LogP) is 0.471. The lowest BCUT2D eigenvalue weighted by Crippen LogP contribution is -2.47. The number of hydrogen-bond donors (Lipinski definition) is 3. The van der Waals surface area contributed by atoms with Gasteiger partial charge in [-0.15, -0.1) is 0 Å². The zero-order chi connectivity index (χ0) is 19.7. The summed E-state index contributed by atoms with van der Waals surface area (Å²) >= 11 is 0. The molecule has 8 heteroatoms. The lowest BCUT2D eigenvalue weighted by Gasteiger charge is -2.16. The predicted molar refractivity (Wildman–Crippen MR) is 98.6 cm³/mol. The quantitative estimate of drug-likeness (QED) is 0.554. The number of methoxy groups -OCH3 is 3. The van der Waals surface area contributed by atoms with E-state index in [-0.39, 0.29) is 24.3 Å². The van der Waals surface area contributed by atoms with Gasteiger partial charge in [-0.05, 0) is 18.4 Å². The maximum Gasteiger partial charge on any atom is 0.239 e. The zero-order valence-electron chi connectivity index (χ0n) is 16.0. The largest absolute Gasteiger partial charge is 0.493 e. The second-order valence-corrected chi connectivity index (χ2v) is 6.08. The van der Waals surface area contributed by atoms with Crippen molar-refractivity contribution in [3.8, 4) is 17.2 Å². The maximum atomic E-state index is 11.9. The van der Waals surface area contributed by atoms with Crippen LogP contribution in [0.4, 0.5) is 0 Å². The monoisotopic (exact) mass is 367 g/mol. The van der Waals surface area contributed by atoms with Crippen molar-refractivity contribution in [3.63, 3.8) is 0 Å². The highest BCUT2D eigenvalue weighted by atomic mass is 16.5. The number of amides is 2. The van der Waals surface area contributed by atoms with Crippen LogP contribution >= 0.6 is 0 Å². The molecule has 1 atom stereocenters. The van der Waals surface area contributed by atoms with Crippen LogP contribution in [-0.2, 0) is 16.0 Å². The Balaban J connectivity index is 2.55. The third-order valence-electron chi connectivity index (χ3n) is 3.95. The number of hydrogen-bond acceptors (Lipinski definition) is 6. The Kier molecular flexibility index (Phi) is 8.71. The fourth-order valence-corrected chi connectivity index (χ4v) is 2.35. The first kappa shape index (κ1) is 21.6. The van der Waals surface area contributed by atoms with Crippen molar-refractivity contribution in [2.45, 2.75) is 26.3 Å². The first-order valence-electron chi connectivity index (χ1n) is 8.43. The molecular formula is C18H29N3O5. The molecule has 0 aliphatic rings. The van der Waals surface area contributed by atoms with Gasteiger partial charge in [0.15, 0.2) is 11.5 Å². The number of nitrogens with two attached hydrogens (primary N) is 1. The van der Waals surface area contributed by atoms with E-state index in [2.05, 4.69) is 10.6 Å². The molecule has 0 heterocycles. The Labute approximate surface area is 154 Å². The van der Waals surface area contributed by atoms with E-state index >= 15 is 0 Å². The molecule has 1 rings (SSSR count). The van der Waals surface area contributed by atoms with Crippen molar-refractivity contribution >= 4 is 11.8 Å². The average Bonchev–Trinajstić information content (AvgIpc) is 2.64. The lowest BCUT2D eigenvalue weighted by molar-refractivity contribution is -0.127. The van der Waals surface area contributed by atoms with Crippen LogP contribution in [0.15, 0.2) is 12.1 Å². The molecule has 0 fully saturated rings. The fraction of sp³-hybridized carbons (Fsp3) is 0.556. The Morgan fingerprint density at radius 1 is 1.04 bits per heavy atom. The van der Waals surface area contributed by atoms with Crippen LogP contribution in [0.5, 0.6) is 17.2 Å². The molecule has 0 aromatic heterocycles. The van der Waals surface area contributed by atoms with Crippen molar-refractivity contribution in [1.29, 1.82) is 0 Å². The summed E-state index contributed by atoms with van der Waals surface area (Å²) in [7, 11) is 4.64. The van der Waals surface area contributed by atoms with Gasteiger partial charge in [-0.1, -0.05) is 19.9 Å². The number of rotatable bonds is 10. The van der Waals surface area contributed by atoms with Crippen LogP contribution in [0.25, 0.3) is 0 Å². The lowest BCUT2D eigenvalue weighted by atomic mass is 10.1. The summed E-state index contributed by atoms with van der Waals surface area (Å²) in [4.78, 5) is 23.6. The summed E-state index contributed by atoms with van der Waals surface area (Å²) in [6.45, 7) is 3.97. The van der Waals surface area contributed by atoms with Crippen molar-refractivity contribution < 1.29 is 23.8 Å². The minimum Gasteiger partial charge on any atom is -0.493 e. The molecule has 0 aliphatic carbocycles. The Morgan fingerprint density at radius 2 is 1.69 bits per heavy atom. The van der Waals surface area contributed by atoms with Gasteiger partial charge in [0.1, 0.15) is 0 Å². The van der Waals surface area contributed by atoms with Crippen molar-refractivity contribution in [2.75, 3.05) is 34.4 Å². The summed E-state index contributed by atoms with van der Waals surface area (Å²) in [6, 6.07) is 3.01. The first-order chi connectivity index (χ1) is 12.3. The molecule has 0 unspecified atom stereocenters. The van der Waals surface area contributed by atoms with E-state index in [1.165, 1.54) is 7.11 Å². The molecule has 0 saturated heterocycles. The SMILES string of the molecule is COc1ccc(CCNC(=O)CNC(=O)[C@@H](N)C(C)C)c(OC)c1OC. The number of carbonyl (C=O) groups excluding carboxylic acids is 2. The van der Waals surface area contributed by atoms with Gasteiger partial charge in [0.05, 0.1) is 33.9 Å². The molecule has 1 aromatic carbocycles. The van der Waals surface area contributed by atoms with E-state index in [1.54, 1.807) is 20.3 Å².